The Balaban J connectivity index is 2.14. The van der Waals surface area contributed by atoms with E-state index in [4.69, 9.17) is 16.3 Å². The van der Waals surface area contributed by atoms with E-state index < -0.39 is 0 Å². The van der Waals surface area contributed by atoms with E-state index >= 15 is 0 Å². The molecule has 2 aromatic heterocycles. The molecule has 6 nitrogen and oxygen atoms in total. The van der Waals surface area contributed by atoms with Gasteiger partial charge in [-0.15, -0.1) is 11.8 Å². The van der Waals surface area contributed by atoms with Gasteiger partial charge in [0.2, 0.25) is 5.28 Å². The lowest BCUT2D eigenvalue weighted by Crippen LogP contribution is -2.37. The number of nitrogens with zero attached hydrogens (tertiary/aromatic N) is 5. The highest BCUT2D eigenvalue weighted by Crippen LogP contribution is 2.29. The second kappa shape index (κ2) is 6.05. The predicted molar refractivity (Wildman–Crippen MR) is 84.6 cm³/mol. The number of fused-ring (bicyclic) bond motifs is 1. The minimum absolute atomic E-state index is 0.244. The van der Waals surface area contributed by atoms with Crippen LogP contribution >= 0.6 is 39.3 Å². The van der Waals surface area contributed by atoms with Crippen molar-refractivity contribution in [3.8, 4) is 0 Å². The number of imidazole rings is 1. The quantitative estimate of drug-likeness (QED) is 0.604. The smallest absolute Gasteiger partial charge is 0.226 e. The molecule has 1 fully saturated rings. The SMILES string of the molecule is CSCn1c(Br)nc2c(N3CCOCC3)nc(Cl)nc21. The number of hydrogen-bond acceptors (Lipinski definition) is 6. The van der Waals surface area contributed by atoms with Gasteiger partial charge >= 0.3 is 0 Å². The van der Waals surface area contributed by atoms with Gasteiger partial charge in [0, 0.05) is 13.1 Å². The first-order valence-corrected chi connectivity index (χ1v) is 8.68. The van der Waals surface area contributed by atoms with Gasteiger partial charge in [0.1, 0.15) is 0 Å². The Labute approximate surface area is 134 Å². The molecule has 108 valence electrons. The normalized spacial score (nSPS) is 16.1. The molecule has 0 spiro atoms. The summed E-state index contributed by atoms with van der Waals surface area (Å²) in [5, 5.41) is 0.244. The summed E-state index contributed by atoms with van der Waals surface area (Å²) in [5.41, 5.74) is 1.53. The maximum Gasteiger partial charge on any atom is 0.226 e. The van der Waals surface area contributed by atoms with Gasteiger partial charge in [-0.2, -0.15) is 9.97 Å². The zero-order valence-corrected chi connectivity index (χ0v) is 14.0. The summed E-state index contributed by atoms with van der Waals surface area (Å²) >= 11 is 11.3. The molecule has 1 aliphatic rings. The molecule has 0 N–H and O–H groups in total. The first kappa shape index (κ1) is 14.4. The van der Waals surface area contributed by atoms with Crippen LogP contribution in [0.5, 0.6) is 0 Å². The number of anilines is 1. The number of hydrogen-bond donors (Lipinski definition) is 0. The van der Waals surface area contributed by atoms with E-state index in [0.717, 1.165) is 40.7 Å². The molecule has 0 saturated carbocycles. The van der Waals surface area contributed by atoms with E-state index in [2.05, 4.69) is 35.8 Å². The third-order valence-electron chi connectivity index (χ3n) is 3.07. The van der Waals surface area contributed by atoms with E-state index in [1.54, 1.807) is 11.8 Å². The Bertz CT molecular complexity index is 631. The molecule has 3 rings (SSSR count). The molecule has 20 heavy (non-hydrogen) atoms. The lowest BCUT2D eigenvalue weighted by atomic mass is 10.4. The number of rotatable bonds is 3. The largest absolute Gasteiger partial charge is 0.378 e. The van der Waals surface area contributed by atoms with Crippen LogP contribution in [0.3, 0.4) is 0 Å². The molecule has 0 bridgehead atoms. The van der Waals surface area contributed by atoms with Gasteiger partial charge in [0.05, 0.1) is 19.1 Å². The van der Waals surface area contributed by atoms with Crippen LogP contribution in [0.15, 0.2) is 4.73 Å². The van der Waals surface area contributed by atoms with Crippen LogP contribution in [0.1, 0.15) is 0 Å². The van der Waals surface area contributed by atoms with Crippen molar-refractivity contribution in [2.75, 3.05) is 37.5 Å². The van der Waals surface area contributed by atoms with E-state index in [0.29, 0.717) is 13.2 Å². The van der Waals surface area contributed by atoms with Gasteiger partial charge < -0.3 is 9.64 Å². The fraction of sp³-hybridized carbons (Fsp3) is 0.545. The highest BCUT2D eigenvalue weighted by molar-refractivity contribution is 9.10. The van der Waals surface area contributed by atoms with Crippen LogP contribution in [-0.2, 0) is 10.6 Å². The van der Waals surface area contributed by atoms with Crippen molar-refractivity contribution in [1.29, 1.82) is 0 Å². The topological polar surface area (TPSA) is 56.1 Å². The monoisotopic (exact) mass is 377 g/mol. The molecule has 0 amide bonds. The third kappa shape index (κ3) is 2.61. The van der Waals surface area contributed by atoms with Gasteiger partial charge in [0.25, 0.3) is 0 Å². The van der Waals surface area contributed by atoms with Crippen molar-refractivity contribution in [1.82, 2.24) is 19.5 Å². The van der Waals surface area contributed by atoms with Crippen molar-refractivity contribution in [2.45, 2.75) is 5.88 Å². The van der Waals surface area contributed by atoms with E-state index in [1.165, 1.54) is 0 Å². The van der Waals surface area contributed by atoms with Crippen LogP contribution in [0.2, 0.25) is 5.28 Å². The lowest BCUT2D eigenvalue weighted by Gasteiger charge is -2.27. The second-order valence-corrected chi connectivity index (χ2v) is 6.20. The zero-order valence-electron chi connectivity index (χ0n) is 10.8. The third-order valence-corrected chi connectivity index (χ3v) is 4.36. The van der Waals surface area contributed by atoms with Gasteiger partial charge in [-0.1, -0.05) is 0 Å². The molecule has 1 aliphatic heterocycles. The molecule has 3 heterocycles. The minimum Gasteiger partial charge on any atom is -0.378 e. The average molecular weight is 379 g/mol. The summed E-state index contributed by atoms with van der Waals surface area (Å²) in [5.74, 6) is 1.54. The average Bonchev–Trinajstić information content (AvgIpc) is 2.76. The Hall–Kier alpha value is -0.570. The summed E-state index contributed by atoms with van der Waals surface area (Å²) in [6.45, 7) is 2.95. The molecule has 1 saturated heterocycles. The first-order valence-electron chi connectivity index (χ1n) is 6.11. The zero-order chi connectivity index (χ0) is 14.1. The standard InChI is InChI=1S/C11H13BrClN5OS/c1-20-6-18-9-7(14-10(18)12)8(15-11(13)16-9)17-2-4-19-5-3-17/h2-6H2,1H3. The van der Waals surface area contributed by atoms with E-state index in [1.807, 2.05) is 10.8 Å². The van der Waals surface area contributed by atoms with Crippen LogP contribution in [-0.4, -0.2) is 52.1 Å². The fourth-order valence-corrected chi connectivity index (χ4v) is 3.47. The van der Waals surface area contributed by atoms with Crippen LogP contribution in [0.4, 0.5) is 5.82 Å². The number of thioether (sulfide) groups is 1. The molecule has 9 heteroatoms. The Morgan fingerprint density at radius 3 is 2.75 bits per heavy atom. The van der Waals surface area contributed by atoms with Gasteiger partial charge in [-0.25, -0.2) is 4.98 Å². The van der Waals surface area contributed by atoms with Crippen LogP contribution in [0, 0.1) is 0 Å². The minimum atomic E-state index is 0.244. The van der Waals surface area contributed by atoms with Crippen molar-refractivity contribution in [2.24, 2.45) is 0 Å². The summed E-state index contributed by atoms with van der Waals surface area (Å²) in [6, 6.07) is 0. The maximum atomic E-state index is 6.08. The summed E-state index contributed by atoms with van der Waals surface area (Å²) in [4.78, 5) is 15.4. The Morgan fingerprint density at radius 2 is 2.05 bits per heavy atom. The molecule has 0 atom stereocenters. The van der Waals surface area contributed by atoms with E-state index in [9.17, 15) is 0 Å². The number of ether oxygens (including phenoxy) is 1. The van der Waals surface area contributed by atoms with Crippen molar-refractivity contribution in [3.05, 3.63) is 10.0 Å². The van der Waals surface area contributed by atoms with Crippen LogP contribution < -0.4 is 4.90 Å². The number of morpholine rings is 1. The predicted octanol–water partition coefficient (Wildman–Crippen LogP) is 2.40. The first-order chi connectivity index (χ1) is 9.70. The fourth-order valence-electron chi connectivity index (χ4n) is 2.17. The molecule has 0 radical (unpaired) electrons. The second-order valence-electron chi connectivity index (χ2n) is 4.31. The molecular weight excluding hydrogens is 366 g/mol. The Kier molecular flexibility index (Phi) is 4.34. The molecule has 2 aromatic rings. The van der Waals surface area contributed by atoms with Gasteiger partial charge in [-0.05, 0) is 33.8 Å². The van der Waals surface area contributed by atoms with E-state index in [-0.39, 0.29) is 5.28 Å². The van der Waals surface area contributed by atoms with Gasteiger partial charge in [0.15, 0.2) is 21.7 Å². The Morgan fingerprint density at radius 1 is 1.30 bits per heavy atom. The molecule has 0 aromatic carbocycles. The maximum absolute atomic E-state index is 6.08. The highest BCUT2D eigenvalue weighted by Gasteiger charge is 2.21. The lowest BCUT2D eigenvalue weighted by molar-refractivity contribution is 0.122. The molecular formula is C11H13BrClN5OS. The molecule has 0 unspecified atom stereocenters. The van der Waals surface area contributed by atoms with Gasteiger partial charge in [-0.3, -0.25) is 4.57 Å². The highest BCUT2D eigenvalue weighted by atomic mass is 79.9. The van der Waals surface area contributed by atoms with Crippen LogP contribution in [0.25, 0.3) is 11.2 Å². The number of halogens is 2. The number of aromatic nitrogens is 4. The summed E-state index contributed by atoms with van der Waals surface area (Å²) in [6.07, 6.45) is 2.03. The van der Waals surface area contributed by atoms with Crippen molar-refractivity contribution < 1.29 is 4.74 Å². The molecule has 0 aliphatic carbocycles. The summed E-state index contributed by atoms with van der Waals surface area (Å²) in [7, 11) is 0. The summed E-state index contributed by atoms with van der Waals surface area (Å²) < 4.78 is 8.10. The van der Waals surface area contributed by atoms with Crippen molar-refractivity contribution in [3.63, 3.8) is 0 Å². The van der Waals surface area contributed by atoms with Crippen molar-refractivity contribution >= 4 is 56.3 Å².